The molecule has 0 spiro atoms. The molecule has 1 atom stereocenters. The first-order chi connectivity index (χ1) is 10.4. The molecule has 106 valence electrons. The quantitative estimate of drug-likeness (QED) is 0.780. The number of rotatable bonds is 3. The average Bonchev–Trinajstić information content (AvgIpc) is 3.02. The lowest BCUT2D eigenvalue weighted by molar-refractivity contribution is 0.523. The highest BCUT2D eigenvalue weighted by Gasteiger charge is 2.19. The summed E-state index contributed by atoms with van der Waals surface area (Å²) < 4.78 is 0. The van der Waals surface area contributed by atoms with Crippen molar-refractivity contribution >= 4 is 27.4 Å². The van der Waals surface area contributed by atoms with Crippen LogP contribution in [0.25, 0.3) is 10.2 Å². The molecular weight excluding hydrogens is 280 g/mol. The lowest BCUT2D eigenvalue weighted by atomic mass is 9.94. The maximum absolute atomic E-state index is 4.38. The zero-order valence-electron chi connectivity index (χ0n) is 11.5. The molecular formula is C16H16N4S. The van der Waals surface area contributed by atoms with Crippen molar-refractivity contribution in [1.82, 2.24) is 15.3 Å². The largest absolute Gasteiger partial charge is 0.368 e. The topological polar surface area (TPSA) is 49.8 Å². The van der Waals surface area contributed by atoms with Gasteiger partial charge in [0.2, 0.25) is 0 Å². The summed E-state index contributed by atoms with van der Waals surface area (Å²) in [5.74, 6) is 0.922. The van der Waals surface area contributed by atoms with Crippen LogP contribution in [0.3, 0.4) is 0 Å². The van der Waals surface area contributed by atoms with E-state index < -0.39 is 0 Å². The molecule has 0 amide bonds. The van der Waals surface area contributed by atoms with Crippen molar-refractivity contribution in [3.8, 4) is 0 Å². The van der Waals surface area contributed by atoms with Gasteiger partial charge in [0.1, 0.15) is 17.0 Å². The molecule has 1 unspecified atom stereocenters. The first-order valence-electron chi connectivity index (χ1n) is 7.15. The Balaban J connectivity index is 1.57. The van der Waals surface area contributed by atoms with Gasteiger partial charge in [-0.1, -0.05) is 24.3 Å². The SMILES string of the molecule is c1ccc2c(c1)CCNC2CNc1ncnc2sccc12. The fourth-order valence-electron chi connectivity index (χ4n) is 2.90. The first kappa shape index (κ1) is 12.7. The summed E-state index contributed by atoms with van der Waals surface area (Å²) >= 11 is 1.64. The lowest BCUT2D eigenvalue weighted by Gasteiger charge is -2.27. The molecule has 1 aliphatic rings. The van der Waals surface area contributed by atoms with Crippen LogP contribution >= 0.6 is 11.3 Å². The van der Waals surface area contributed by atoms with Crippen molar-refractivity contribution in [2.75, 3.05) is 18.4 Å². The number of hydrogen-bond acceptors (Lipinski definition) is 5. The van der Waals surface area contributed by atoms with Gasteiger partial charge in [0, 0.05) is 12.6 Å². The van der Waals surface area contributed by atoms with E-state index in [1.54, 1.807) is 17.7 Å². The highest BCUT2D eigenvalue weighted by molar-refractivity contribution is 7.16. The molecule has 2 N–H and O–H groups in total. The van der Waals surface area contributed by atoms with E-state index in [0.717, 1.165) is 35.5 Å². The van der Waals surface area contributed by atoms with Gasteiger partial charge in [-0.3, -0.25) is 0 Å². The summed E-state index contributed by atoms with van der Waals surface area (Å²) in [6.07, 6.45) is 2.73. The molecule has 3 heterocycles. The minimum atomic E-state index is 0.332. The van der Waals surface area contributed by atoms with Crippen molar-refractivity contribution < 1.29 is 0 Å². The van der Waals surface area contributed by atoms with Crippen molar-refractivity contribution in [3.05, 3.63) is 53.2 Å². The van der Waals surface area contributed by atoms with Crippen LogP contribution in [-0.4, -0.2) is 23.1 Å². The number of nitrogens with zero attached hydrogens (tertiary/aromatic N) is 2. The number of thiophene rings is 1. The van der Waals surface area contributed by atoms with E-state index in [1.807, 2.05) is 0 Å². The van der Waals surface area contributed by atoms with Gasteiger partial charge in [-0.05, 0) is 35.5 Å². The number of nitrogens with one attached hydrogen (secondary N) is 2. The summed E-state index contributed by atoms with van der Waals surface area (Å²) in [5.41, 5.74) is 2.85. The second-order valence-electron chi connectivity index (χ2n) is 5.20. The van der Waals surface area contributed by atoms with E-state index in [9.17, 15) is 0 Å². The number of benzene rings is 1. The molecule has 1 aromatic carbocycles. The van der Waals surface area contributed by atoms with Crippen molar-refractivity contribution in [2.24, 2.45) is 0 Å². The van der Waals surface area contributed by atoms with E-state index in [0.29, 0.717) is 6.04 Å². The third-order valence-electron chi connectivity index (χ3n) is 3.95. The Kier molecular flexibility index (Phi) is 3.29. The van der Waals surface area contributed by atoms with Gasteiger partial charge in [0.15, 0.2) is 0 Å². The van der Waals surface area contributed by atoms with E-state index in [2.05, 4.69) is 56.3 Å². The molecule has 4 rings (SSSR count). The van der Waals surface area contributed by atoms with E-state index in [4.69, 9.17) is 0 Å². The zero-order valence-corrected chi connectivity index (χ0v) is 12.4. The highest BCUT2D eigenvalue weighted by atomic mass is 32.1. The summed E-state index contributed by atoms with van der Waals surface area (Å²) in [7, 11) is 0. The number of aromatic nitrogens is 2. The maximum atomic E-state index is 4.38. The van der Waals surface area contributed by atoms with Gasteiger partial charge in [-0.2, -0.15) is 0 Å². The van der Waals surface area contributed by atoms with Gasteiger partial charge in [0.05, 0.1) is 5.39 Å². The van der Waals surface area contributed by atoms with Gasteiger partial charge >= 0.3 is 0 Å². The van der Waals surface area contributed by atoms with Crippen molar-refractivity contribution in [2.45, 2.75) is 12.5 Å². The highest BCUT2D eigenvalue weighted by Crippen LogP contribution is 2.26. The molecule has 0 radical (unpaired) electrons. The minimum absolute atomic E-state index is 0.332. The Hall–Kier alpha value is -1.98. The van der Waals surface area contributed by atoms with Crippen LogP contribution in [0.15, 0.2) is 42.0 Å². The van der Waals surface area contributed by atoms with Crippen molar-refractivity contribution in [3.63, 3.8) is 0 Å². The molecule has 4 nitrogen and oxygen atoms in total. The predicted molar refractivity (Wildman–Crippen MR) is 86.8 cm³/mol. The fourth-order valence-corrected chi connectivity index (χ4v) is 3.64. The Bertz CT molecular complexity index is 768. The Morgan fingerprint density at radius 2 is 2.19 bits per heavy atom. The maximum Gasteiger partial charge on any atom is 0.138 e. The summed E-state index contributed by atoms with van der Waals surface area (Å²) in [6.45, 7) is 1.86. The lowest BCUT2D eigenvalue weighted by Crippen LogP contribution is -2.34. The summed E-state index contributed by atoms with van der Waals surface area (Å²) in [6, 6.07) is 11.1. The smallest absolute Gasteiger partial charge is 0.138 e. The predicted octanol–water partition coefficient (Wildman–Crippen LogP) is 2.99. The standard InChI is InChI=1S/C16H16N4S/c1-2-4-12-11(3-1)5-7-17-14(12)9-18-15-13-6-8-21-16(13)20-10-19-15/h1-4,6,8,10,14,17H,5,7,9H2,(H,18,19,20). The molecule has 0 bridgehead atoms. The Morgan fingerprint density at radius 1 is 1.24 bits per heavy atom. The molecule has 21 heavy (non-hydrogen) atoms. The minimum Gasteiger partial charge on any atom is -0.368 e. The van der Waals surface area contributed by atoms with Crippen molar-refractivity contribution in [1.29, 1.82) is 0 Å². The summed E-state index contributed by atoms with van der Waals surface area (Å²) in [4.78, 5) is 9.69. The molecule has 0 fully saturated rings. The normalized spacial score (nSPS) is 17.6. The molecule has 0 saturated carbocycles. The zero-order chi connectivity index (χ0) is 14.1. The van der Waals surface area contributed by atoms with E-state index >= 15 is 0 Å². The molecule has 0 aliphatic carbocycles. The second-order valence-corrected chi connectivity index (χ2v) is 6.09. The molecule has 2 aromatic heterocycles. The van der Waals surface area contributed by atoms with Gasteiger partial charge < -0.3 is 10.6 Å². The third-order valence-corrected chi connectivity index (χ3v) is 4.77. The molecule has 0 saturated heterocycles. The van der Waals surface area contributed by atoms with Crippen LogP contribution in [0.4, 0.5) is 5.82 Å². The Morgan fingerprint density at radius 3 is 3.19 bits per heavy atom. The van der Waals surface area contributed by atoms with Crippen LogP contribution < -0.4 is 10.6 Å². The molecule has 5 heteroatoms. The molecule has 3 aromatic rings. The van der Waals surface area contributed by atoms with Gasteiger partial charge in [-0.15, -0.1) is 11.3 Å². The average molecular weight is 296 g/mol. The number of hydrogen-bond donors (Lipinski definition) is 2. The van der Waals surface area contributed by atoms with Crippen LogP contribution in [0.2, 0.25) is 0 Å². The van der Waals surface area contributed by atoms with Crippen LogP contribution in [-0.2, 0) is 6.42 Å². The monoisotopic (exact) mass is 296 g/mol. The second kappa shape index (κ2) is 5.42. The fraction of sp³-hybridized carbons (Fsp3) is 0.250. The number of anilines is 1. The van der Waals surface area contributed by atoms with Crippen LogP contribution in [0, 0.1) is 0 Å². The van der Waals surface area contributed by atoms with Crippen LogP contribution in [0.5, 0.6) is 0 Å². The van der Waals surface area contributed by atoms with Crippen LogP contribution in [0.1, 0.15) is 17.2 Å². The first-order valence-corrected chi connectivity index (χ1v) is 8.03. The van der Waals surface area contributed by atoms with Gasteiger partial charge in [0.25, 0.3) is 0 Å². The third kappa shape index (κ3) is 2.39. The molecule has 1 aliphatic heterocycles. The summed E-state index contributed by atoms with van der Waals surface area (Å²) in [5, 5.41) is 10.2. The van der Waals surface area contributed by atoms with E-state index in [1.165, 1.54) is 11.1 Å². The Labute approximate surface area is 127 Å². The van der Waals surface area contributed by atoms with Gasteiger partial charge in [-0.25, -0.2) is 9.97 Å². The van der Waals surface area contributed by atoms with E-state index in [-0.39, 0.29) is 0 Å². The number of fused-ring (bicyclic) bond motifs is 2.